The van der Waals surface area contributed by atoms with Gasteiger partial charge in [0.15, 0.2) is 0 Å². The predicted octanol–water partition coefficient (Wildman–Crippen LogP) is 3.60. The van der Waals surface area contributed by atoms with Gasteiger partial charge in [0.2, 0.25) is 0 Å². The molecule has 0 aliphatic rings. The molecule has 0 aromatic heterocycles. The molecule has 0 spiro atoms. The third-order valence-electron chi connectivity index (χ3n) is 1.49. The lowest BCUT2D eigenvalue weighted by Gasteiger charge is -1.99. The summed E-state index contributed by atoms with van der Waals surface area (Å²) in [7, 11) is 1.69. The molecule has 0 bridgehead atoms. The number of hydrogen-bond acceptors (Lipinski definition) is 1. The molecule has 2 heteroatoms. The number of ether oxygens (including phenoxy) is 1. The van der Waals surface area contributed by atoms with Crippen molar-refractivity contribution < 1.29 is 4.74 Å². The van der Waals surface area contributed by atoms with Gasteiger partial charge in [-0.2, -0.15) is 0 Å². The Kier molecular flexibility index (Phi) is 7.76. The molecule has 0 atom stereocenters. The topological polar surface area (TPSA) is 9.23 Å². The highest BCUT2D eigenvalue weighted by atomic mass is 35.5. The molecule has 13 heavy (non-hydrogen) atoms. The Morgan fingerprint density at radius 2 is 1.54 bits per heavy atom. The Morgan fingerprint density at radius 1 is 1.08 bits per heavy atom. The summed E-state index contributed by atoms with van der Waals surface area (Å²) in [6.45, 7) is 4.67. The van der Waals surface area contributed by atoms with Gasteiger partial charge in [0, 0.05) is 13.0 Å². The first-order valence-electron chi connectivity index (χ1n) is 4.49. The summed E-state index contributed by atoms with van der Waals surface area (Å²) in [6.07, 6.45) is 0. The zero-order chi connectivity index (χ0) is 10.1. The first-order chi connectivity index (χ1) is 6.36. The summed E-state index contributed by atoms with van der Waals surface area (Å²) in [4.78, 5) is 0. The third-order valence-corrected chi connectivity index (χ3v) is 1.80. The van der Waals surface area contributed by atoms with E-state index < -0.39 is 0 Å². The molecule has 1 aromatic rings. The van der Waals surface area contributed by atoms with E-state index in [0.717, 1.165) is 5.56 Å². The maximum Gasteiger partial charge on any atom is 0.0713 e. The van der Waals surface area contributed by atoms with Crippen molar-refractivity contribution in [3.8, 4) is 0 Å². The Hall–Kier alpha value is -0.530. The van der Waals surface area contributed by atoms with Gasteiger partial charge in [-0.25, -0.2) is 0 Å². The van der Waals surface area contributed by atoms with Crippen molar-refractivity contribution in [2.24, 2.45) is 0 Å². The minimum absolute atomic E-state index is 0.577. The summed E-state index contributed by atoms with van der Waals surface area (Å²) in [5, 5.41) is 0. The highest BCUT2D eigenvalue weighted by molar-refractivity contribution is 6.17. The minimum Gasteiger partial charge on any atom is -0.380 e. The van der Waals surface area contributed by atoms with Gasteiger partial charge in [0.25, 0.3) is 0 Å². The summed E-state index contributed by atoms with van der Waals surface area (Å²) in [5.41, 5.74) is 2.33. The van der Waals surface area contributed by atoms with E-state index in [-0.39, 0.29) is 0 Å². The van der Waals surface area contributed by atoms with Gasteiger partial charge in [0.05, 0.1) is 6.61 Å². The average Bonchev–Trinajstić information content (AvgIpc) is 2.23. The quantitative estimate of drug-likeness (QED) is 0.678. The van der Waals surface area contributed by atoms with E-state index in [0.29, 0.717) is 12.5 Å². The second-order valence-electron chi connectivity index (χ2n) is 2.38. The molecule has 74 valence electrons. The molecule has 0 fully saturated rings. The molecule has 0 aliphatic heterocycles. The Labute approximate surface area is 85.7 Å². The number of halogens is 1. The van der Waals surface area contributed by atoms with Crippen molar-refractivity contribution in [3.63, 3.8) is 0 Å². The smallest absolute Gasteiger partial charge is 0.0713 e. The summed E-state index contributed by atoms with van der Waals surface area (Å²) in [6, 6.07) is 8.09. The van der Waals surface area contributed by atoms with Crippen LogP contribution in [-0.4, -0.2) is 7.11 Å². The summed E-state index contributed by atoms with van der Waals surface area (Å²) in [5.74, 6) is 0.577. The molecule has 0 amide bonds. The van der Waals surface area contributed by atoms with E-state index in [9.17, 15) is 0 Å². The van der Waals surface area contributed by atoms with Crippen LogP contribution in [0.4, 0.5) is 0 Å². The van der Waals surface area contributed by atoms with Crippen LogP contribution in [-0.2, 0) is 17.2 Å². The fourth-order valence-corrected chi connectivity index (χ4v) is 1.07. The van der Waals surface area contributed by atoms with Crippen LogP contribution in [0.15, 0.2) is 24.3 Å². The van der Waals surface area contributed by atoms with Crippen LogP contribution in [0.5, 0.6) is 0 Å². The average molecular weight is 201 g/mol. The third kappa shape index (κ3) is 4.91. The van der Waals surface area contributed by atoms with Crippen LogP contribution in [0.25, 0.3) is 0 Å². The van der Waals surface area contributed by atoms with Crippen LogP contribution in [0.3, 0.4) is 0 Å². The fraction of sp³-hybridized carbons (Fsp3) is 0.455. The van der Waals surface area contributed by atoms with E-state index in [1.54, 1.807) is 7.11 Å². The number of alkyl halides is 1. The van der Waals surface area contributed by atoms with Gasteiger partial charge in [-0.15, -0.1) is 11.6 Å². The van der Waals surface area contributed by atoms with E-state index in [1.807, 2.05) is 38.1 Å². The highest BCUT2D eigenvalue weighted by Crippen LogP contribution is 2.07. The molecule has 1 rings (SSSR count). The minimum atomic E-state index is 0.577. The molecule has 0 aliphatic carbocycles. The zero-order valence-corrected chi connectivity index (χ0v) is 9.27. The molecule has 0 saturated carbocycles. The molecule has 0 radical (unpaired) electrons. The summed E-state index contributed by atoms with van der Waals surface area (Å²) < 4.78 is 4.97. The molecular weight excluding hydrogens is 184 g/mol. The van der Waals surface area contributed by atoms with Crippen LogP contribution < -0.4 is 0 Å². The second-order valence-corrected chi connectivity index (χ2v) is 2.65. The van der Waals surface area contributed by atoms with Gasteiger partial charge in [-0.05, 0) is 11.1 Å². The molecule has 0 saturated heterocycles. The molecule has 0 N–H and O–H groups in total. The molecule has 1 nitrogen and oxygen atoms in total. The predicted molar refractivity (Wildman–Crippen MR) is 58.1 cm³/mol. The Morgan fingerprint density at radius 3 is 1.92 bits per heavy atom. The molecule has 0 unspecified atom stereocenters. The fourth-order valence-electron chi connectivity index (χ4n) is 0.891. The largest absolute Gasteiger partial charge is 0.380 e. The van der Waals surface area contributed by atoms with E-state index in [1.165, 1.54) is 5.56 Å². The summed E-state index contributed by atoms with van der Waals surface area (Å²) >= 11 is 5.63. The maximum absolute atomic E-state index is 5.63. The van der Waals surface area contributed by atoms with Crippen molar-refractivity contribution in [2.45, 2.75) is 26.3 Å². The highest BCUT2D eigenvalue weighted by Gasteiger charge is 1.91. The Bertz CT molecular complexity index is 206. The number of benzene rings is 1. The second kappa shape index (κ2) is 8.09. The van der Waals surface area contributed by atoms with Crippen molar-refractivity contribution in [1.82, 2.24) is 0 Å². The van der Waals surface area contributed by atoms with Gasteiger partial charge in [-0.1, -0.05) is 38.1 Å². The molecular formula is C11H17ClO. The van der Waals surface area contributed by atoms with Crippen LogP contribution in [0.2, 0.25) is 0 Å². The zero-order valence-electron chi connectivity index (χ0n) is 8.51. The van der Waals surface area contributed by atoms with Crippen molar-refractivity contribution in [1.29, 1.82) is 0 Å². The van der Waals surface area contributed by atoms with E-state index >= 15 is 0 Å². The number of hydrogen-bond donors (Lipinski definition) is 0. The number of methoxy groups -OCH3 is 1. The van der Waals surface area contributed by atoms with E-state index in [4.69, 9.17) is 16.3 Å². The van der Waals surface area contributed by atoms with Gasteiger partial charge in [0.1, 0.15) is 0 Å². The lowest BCUT2D eigenvalue weighted by Crippen LogP contribution is -1.87. The Balaban J connectivity index is 0.000000671. The lowest BCUT2D eigenvalue weighted by molar-refractivity contribution is 0.185. The standard InChI is InChI=1S/C9H11ClO.C2H6/c1-11-7-9-4-2-8(6-10)3-5-9;1-2/h2-5H,6-7H2,1H3;1-2H3. The number of rotatable bonds is 3. The van der Waals surface area contributed by atoms with Crippen LogP contribution in [0, 0.1) is 0 Å². The van der Waals surface area contributed by atoms with Crippen molar-refractivity contribution in [2.75, 3.05) is 7.11 Å². The lowest BCUT2D eigenvalue weighted by atomic mass is 10.2. The molecule has 1 aromatic carbocycles. The SMILES string of the molecule is CC.COCc1ccc(CCl)cc1. The van der Waals surface area contributed by atoms with Gasteiger partial charge in [-0.3, -0.25) is 0 Å². The van der Waals surface area contributed by atoms with Crippen molar-refractivity contribution in [3.05, 3.63) is 35.4 Å². The molecule has 0 heterocycles. The van der Waals surface area contributed by atoms with Crippen LogP contribution in [0.1, 0.15) is 25.0 Å². The van der Waals surface area contributed by atoms with E-state index in [2.05, 4.69) is 0 Å². The first-order valence-corrected chi connectivity index (χ1v) is 5.03. The van der Waals surface area contributed by atoms with Crippen LogP contribution >= 0.6 is 11.6 Å². The monoisotopic (exact) mass is 200 g/mol. The first kappa shape index (κ1) is 12.5. The normalized spacial score (nSPS) is 8.92. The van der Waals surface area contributed by atoms with Gasteiger partial charge < -0.3 is 4.74 Å². The van der Waals surface area contributed by atoms with Crippen molar-refractivity contribution >= 4 is 11.6 Å². The van der Waals surface area contributed by atoms with Gasteiger partial charge >= 0.3 is 0 Å². The maximum atomic E-state index is 5.63.